The average molecular weight is 291 g/mol. The molecule has 104 valence electrons. The molecule has 0 spiro atoms. The maximum Gasteiger partial charge on any atom is 0.375 e. The third-order valence-electron chi connectivity index (χ3n) is 2.38. The lowest BCUT2D eigenvalue weighted by atomic mass is 10.4. The highest BCUT2D eigenvalue weighted by molar-refractivity contribution is 7.74. The van der Waals surface area contributed by atoms with Gasteiger partial charge in [0, 0.05) is 28.4 Å². The Labute approximate surface area is 100 Å². The molecule has 0 aromatic rings. The summed E-state index contributed by atoms with van der Waals surface area (Å²) in [5.74, 6) is 0. The third kappa shape index (κ3) is 2.50. The van der Waals surface area contributed by atoms with Crippen LogP contribution in [0.25, 0.3) is 0 Å². The van der Waals surface area contributed by atoms with Crippen molar-refractivity contribution in [2.24, 2.45) is 5.73 Å². The largest absolute Gasteiger partial charge is 0.375 e. The summed E-state index contributed by atoms with van der Waals surface area (Å²) in [5.41, 5.74) is 5.53. The molecule has 0 aliphatic carbocycles. The zero-order valence-electron chi connectivity index (χ0n) is 10.4. The van der Waals surface area contributed by atoms with Crippen LogP contribution in [0.3, 0.4) is 0 Å². The molecular formula is C7H19NO7P2. The second-order valence-corrected chi connectivity index (χ2v) is 8.37. The van der Waals surface area contributed by atoms with Crippen LogP contribution in [0.5, 0.6) is 0 Å². The maximum atomic E-state index is 12.3. The SMILES string of the molecule is COP(=O)(OC)C(O)(C(C)N)P(=O)(OC)OC. The monoisotopic (exact) mass is 291 g/mol. The Bertz CT molecular complexity index is 303. The van der Waals surface area contributed by atoms with E-state index in [1.807, 2.05) is 0 Å². The Kier molecular flexibility index (Phi) is 5.98. The predicted molar refractivity (Wildman–Crippen MR) is 61.8 cm³/mol. The Balaban J connectivity index is 5.95. The Morgan fingerprint density at radius 2 is 1.24 bits per heavy atom. The van der Waals surface area contributed by atoms with Gasteiger partial charge in [-0.05, 0) is 6.92 Å². The van der Waals surface area contributed by atoms with Gasteiger partial charge in [-0.1, -0.05) is 0 Å². The van der Waals surface area contributed by atoms with Crippen LogP contribution in [0.1, 0.15) is 6.92 Å². The summed E-state index contributed by atoms with van der Waals surface area (Å²) in [6.07, 6.45) is 0. The van der Waals surface area contributed by atoms with E-state index in [0.717, 1.165) is 28.4 Å². The smallest absolute Gasteiger partial charge is 0.366 e. The van der Waals surface area contributed by atoms with Gasteiger partial charge in [0.25, 0.3) is 5.08 Å². The molecule has 0 amide bonds. The van der Waals surface area contributed by atoms with E-state index >= 15 is 0 Å². The van der Waals surface area contributed by atoms with Crippen molar-refractivity contribution in [2.75, 3.05) is 28.4 Å². The van der Waals surface area contributed by atoms with Gasteiger partial charge in [-0.2, -0.15) is 0 Å². The lowest BCUT2D eigenvalue weighted by Gasteiger charge is -2.38. The van der Waals surface area contributed by atoms with E-state index in [2.05, 4.69) is 18.1 Å². The number of hydrogen-bond acceptors (Lipinski definition) is 8. The predicted octanol–water partition coefficient (Wildman–Crippen LogP) is 0.951. The van der Waals surface area contributed by atoms with Crippen molar-refractivity contribution in [3.05, 3.63) is 0 Å². The fourth-order valence-electron chi connectivity index (χ4n) is 1.34. The molecular weight excluding hydrogens is 272 g/mol. The second-order valence-electron chi connectivity index (χ2n) is 3.20. The molecule has 0 radical (unpaired) electrons. The molecule has 0 fully saturated rings. The summed E-state index contributed by atoms with van der Waals surface area (Å²) in [5, 5.41) is 7.79. The molecule has 0 aromatic carbocycles. The van der Waals surface area contributed by atoms with Gasteiger partial charge in [-0.3, -0.25) is 9.13 Å². The molecule has 0 heterocycles. The Morgan fingerprint density at radius 1 is 1.00 bits per heavy atom. The number of nitrogens with two attached hydrogens (primary N) is 1. The van der Waals surface area contributed by atoms with Crippen LogP contribution in [-0.4, -0.2) is 44.7 Å². The molecule has 1 unspecified atom stereocenters. The lowest BCUT2D eigenvalue weighted by Crippen LogP contribution is -2.46. The molecule has 0 bridgehead atoms. The van der Waals surface area contributed by atoms with Gasteiger partial charge in [0.15, 0.2) is 0 Å². The Hall–Kier alpha value is 0.220. The molecule has 0 saturated carbocycles. The molecule has 8 nitrogen and oxygen atoms in total. The first-order valence-corrected chi connectivity index (χ1v) is 7.68. The van der Waals surface area contributed by atoms with E-state index in [1.165, 1.54) is 6.92 Å². The van der Waals surface area contributed by atoms with Gasteiger partial charge in [0.2, 0.25) is 0 Å². The van der Waals surface area contributed by atoms with Crippen molar-refractivity contribution >= 4 is 15.2 Å². The third-order valence-corrected chi connectivity index (χ3v) is 8.20. The van der Waals surface area contributed by atoms with Crippen molar-refractivity contribution < 1.29 is 32.3 Å². The van der Waals surface area contributed by atoms with Crippen molar-refractivity contribution in [3.63, 3.8) is 0 Å². The second kappa shape index (κ2) is 5.91. The van der Waals surface area contributed by atoms with Crippen LogP contribution in [0, 0.1) is 0 Å². The van der Waals surface area contributed by atoms with Crippen molar-refractivity contribution in [1.82, 2.24) is 0 Å². The molecule has 0 saturated heterocycles. The number of hydrogen-bond donors (Lipinski definition) is 2. The zero-order chi connectivity index (χ0) is 13.9. The topological polar surface area (TPSA) is 117 Å². The van der Waals surface area contributed by atoms with Crippen LogP contribution in [0.15, 0.2) is 0 Å². The van der Waals surface area contributed by atoms with Gasteiger partial charge >= 0.3 is 15.2 Å². The van der Waals surface area contributed by atoms with Crippen LogP contribution in [0.2, 0.25) is 0 Å². The first kappa shape index (κ1) is 17.2. The van der Waals surface area contributed by atoms with Crippen LogP contribution < -0.4 is 5.73 Å². The van der Waals surface area contributed by atoms with E-state index < -0.39 is 26.3 Å². The molecule has 0 aliphatic heterocycles. The molecule has 0 rings (SSSR count). The van der Waals surface area contributed by atoms with Gasteiger partial charge in [0.1, 0.15) is 0 Å². The fraction of sp³-hybridized carbons (Fsp3) is 1.00. The summed E-state index contributed by atoms with van der Waals surface area (Å²) in [6.45, 7) is 1.29. The van der Waals surface area contributed by atoms with E-state index in [4.69, 9.17) is 5.73 Å². The lowest BCUT2D eigenvalue weighted by molar-refractivity contribution is 0.0888. The van der Waals surface area contributed by atoms with E-state index in [0.29, 0.717) is 0 Å². The van der Waals surface area contributed by atoms with Gasteiger partial charge in [-0.15, -0.1) is 0 Å². The molecule has 0 aromatic heterocycles. The fourth-order valence-corrected chi connectivity index (χ4v) is 5.89. The van der Waals surface area contributed by atoms with Crippen LogP contribution >= 0.6 is 15.2 Å². The van der Waals surface area contributed by atoms with Crippen molar-refractivity contribution in [1.29, 1.82) is 0 Å². The summed E-state index contributed by atoms with van der Waals surface area (Å²) < 4.78 is 43.1. The van der Waals surface area contributed by atoms with Crippen LogP contribution in [-0.2, 0) is 27.2 Å². The van der Waals surface area contributed by atoms with E-state index in [1.54, 1.807) is 0 Å². The zero-order valence-corrected chi connectivity index (χ0v) is 12.2. The summed E-state index contributed by atoms with van der Waals surface area (Å²) in [6, 6.07) is -1.24. The summed E-state index contributed by atoms with van der Waals surface area (Å²) >= 11 is 0. The number of rotatable bonds is 7. The van der Waals surface area contributed by atoms with E-state index in [-0.39, 0.29) is 0 Å². The van der Waals surface area contributed by atoms with Gasteiger partial charge in [-0.25, -0.2) is 0 Å². The highest BCUT2D eigenvalue weighted by Crippen LogP contribution is 2.76. The molecule has 3 N–H and O–H groups in total. The molecule has 0 aliphatic rings. The van der Waals surface area contributed by atoms with Gasteiger partial charge < -0.3 is 28.9 Å². The number of aliphatic hydroxyl groups is 1. The minimum atomic E-state index is -4.20. The first-order chi connectivity index (χ1) is 7.69. The van der Waals surface area contributed by atoms with E-state index in [9.17, 15) is 14.2 Å². The highest BCUT2D eigenvalue weighted by atomic mass is 31.2. The van der Waals surface area contributed by atoms with Crippen LogP contribution in [0.4, 0.5) is 0 Å². The summed E-state index contributed by atoms with van der Waals surface area (Å²) in [7, 11) is -4.25. The van der Waals surface area contributed by atoms with Crippen molar-refractivity contribution in [3.8, 4) is 0 Å². The average Bonchev–Trinajstić information content (AvgIpc) is 2.35. The minimum absolute atomic E-state index is 1.04. The molecule has 1 atom stereocenters. The molecule has 10 heteroatoms. The van der Waals surface area contributed by atoms with Crippen molar-refractivity contribution in [2.45, 2.75) is 18.0 Å². The van der Waals surface area contributed by atoms with Gasteiger partial charge in [0.05, 0.1) is 6.04 Å². The standard InChI is InChI=1S/C7H19NO7P2/c1-6(8)7(9,16(10,12-2)13-3)17(11,14-4)15-5/h6,9H,8H2,1-5H3. The maximum absolute atomic E-state index is 12.3. The quantitative estimate of drug-likeness (QED) is 0.666. The Morgan fingerprint density at radius 3 is 1.35 bits per heavy atom. The minimum Gasteiger partial charge on any atom is -0.366 e. The first-order valence-electron chi connectivity index (χ1n) is 4.60. The highest BCUT2D eigenvalue weighted by Gasteiger charge is 2.66. The molecule has 17 heavy (non-hydrogen) atoms. The normalized spacial score (nSPS) is 15.9. The summed E-state index contributed by atoms with van der Waals surface area (Å²) in [4.78, 5) is 0.